The second-order valence-corrected chi connectivity index (χ2v) is 3.26. The first-order valence-electron chi connectivity index (χ1n) is 4.98. The van der Waals surface area contributed by atoms with E-state index >= 15 is 0 Å². The molecule has 0 bridgehead atoms. The van der Waals surface area contributed by atoms with Gasteiger partial charge in [0.1, 0.15) is 0 Å². The highest BCUT2D eigenvalue weighted by atomic mass is 16.5. The molecule has 84 valence electrons. The molecule has 0 aliphatic carbocycles. The van der Waals surface area contributed by atoms with E-state index in [0.717, 1.165) is 12.5 Å². The third-order valence-electron chi connectivity index (χ3n) is 2.25. The van der Waals surface area contributed by atoms with Gasteiger partial charge in [-0.05, 0) is 6.92 Å². The predicted molar refractivity (Wildman–Crippen MR) is 57.8 cm³/mol. The lowest BCUT2D eigenvalue weighted by Crippen LogP contribution is -2.24. The van der Waals surface area contributed by atoms with Crippen LogP contribution in [0.5, 0.6) is 0 Å². The third-order valence-corrected chi connectivity index (χ3v) is 2.25. The van der Waals surface area contributed by atoms with Crippen molar-refractivity contribution in [1.82, 2.24) is 9.55 Å². The Balaban J connectivity index is 2.53. The summed E-state index contributed by atoms with van der Waals surface area (Å²) >= 11 is 0. The van der Waals surface area contributed by atoms with Gasteiger partial charge >= 0.3 is 5.97 Å². The summed E-state index contributed by atoms with van der Waals surface area (Å²) in [6, 6.07) is 0. The van der Waals surface area contributed by atoms with Crippen LogP contribution < -0.4 is 4.90 Å². The highest BCUT2D eigenvalue weighted by Gasteiger charge is 2.09. The Morgan fingerprint density at radius 2 is 2.40 bits per heavy atom. The summed E-state index contributed by atoms with van der Waals surface area (Å²) in [4.78, 5) is 17.1. The van der Waals surface area contributed by atoms with E-state index in [-0.39, 0.29) is 5.97 Å². The molecule has 1 heterocycles. The number of imidazole rings is 1. The maximum atomic E-state index is 11.0. The van der Waals surface area contributed by atoms with Crippen LogP contribution in [0.2, 0.25) is 0 Å². The van der Waals surface area contributed by atoms with Crippen molar-refractivity contribution in [2.45, 2.75) is 19.9 Å². The second kappa shape index (κ2) is 5.38. The third kappa shape index (κ3) is 2.97. The van der Waals surface area contributed by atoms with Gasteiger partial charge in [-0.1, -0.05) is 0 Å². The van der Waals surface area contributed by atoms with Crippen molar-refractivity contribution in [2.75, 3.05) is 25.6 Å². The lowest BCUT2D eigenvalue weighted by atomic mass is 10.4. The molecule has 0 unspecified atom stereocenters. The summed E-state index contributed by atoms with van der Waals surface area (Å²) in [7, 11) is 3.31. The topological polar surface area (TPSA) is 47.4 Å². The first kappa shape index (κ1) is 11.6. The zero-order chi connectivity index (χ0) is 11.3. The van der Waals surface area contributed by atoms with Gasteiger partial charge in [0.25, 0.3) is 0 Å². The van der Waals surface area contributed by atoms with E-state index in [2.05, 4.69) is 16.6 Å². The van der Waals surface area contributed by atoms with Crippen LogP contribution in [0.25, 0.3) is 0 Å². The molecule has 0 radical (unpaired) electrons. The van der Waals surface area contributed by atoms with Gasteiger partial charge in [-0.15, -0.1) is 0 Å². The molecule has 0 atom stereocenters. The Labute approximate surface area is 89.7 Å². The molecule has 1 aromatic rings. The van der Waals surface area contributed by atoms with Crippen LogP contribution in [-0.4, -0.2) is 36.2 Å². The molecule has 0 fully saturated rings. The lowest BCUT2D eigenvalue weighted by molar-refractivity contribution is -0.140. The number of carbonyl (C=O) groups excluding carboxylic acids is 1. The molecule has 5 nitrogen and oxygen atoms in total. The van der Waals surface area contributed by atoms with Crippen molar-refractivity contribution in [3.05, 3.63) is 12.4 Å². The number of esters is 1. The number of methoxy groups -OCH3 is 1. The number of anilines is 1. The van der Waals surface area contributed by atoms with Crippen LogP contribution in [0.15, 0.2) is 12.4 Å². The standard InChI is InChI=1S/C10H17N3O2/c1-4-13-8-6-11-10(13)12(2)7-5-9(14)15-3/h6,8H,4-5,7H2,1-3H3. The highest BCUT2D eigenvalue weighted by molar-refractivity contribution is 5.69. The minimum atomic E-state index is -0.198. The number of nitrogens with zero attached hydrogens (tertiary/aromatic N) is 3. The molecule has 0 saturated carbocycles. The minimum Gasteiger partial charge on any atom is -0.469 e. The van der Waals surface area contributed by atoms with Gasteiger partial charge in [-0.25, -0.2) is 4.98 Å². The quantitative estimate of drug-likeness (QED) is 0.679. The van der Waals surface area contributed by atoms with Gasteiger partial charge < -0.3 is 14.2 Å². The van der Waals surface area contributed by atoms with E-state index in [4.69, 9.17) is 0 Å². The monoisotopic (exact) mass is 211 g/mol. The Bertz CT molecular complexity index is 322. The maximum Gasteiger partial charge on any atom is 0.307 e. The summed E-state index contributed by atoms with van der Waals surface area (Å²) in [5, 5.41) is 0. The Hall–Kier alpha value is -1.52. The van der Waals surface area contributed by atoms with E-state index in [1.807, 2.05) is 22.7 Å². The zero-order valence-electron chi connectivity index (χ0n) is 9.43. The fourth-order valence-electron chi connectivity index (χ4n) is 1.35. The molecule has 0 amide bonds. The van der Waals surface area contributed by atoms with E-state index in [0.29, 0.717) is 13.0 Å². The van der Waals surface area contributed by atoms with E-state index in [1.165, 1.54) is 7.11 Å². The average molecular weight is 211 g/mol. The maximum absolute atomic E-state index is 11.0. The molecule has 0 aliphatic heterocycles. The van der Waals surface area contributed by atoms with Crippen molar-refractivity contribution >= 4 is 11.9 Å². The van der Waals surface area contributed by atoms with Gasteiger partial charge in [0.2, 0.25) is 5.95 Å². The summed E-state index contributed by atoms with van der Waals surface area (Å²) in [5.74, 6) is 0.679. The van der Waals surface area contributed by atoms with Crippen LogP contribution in [0.3, 0.4) is 0 Å². The molecule has 15 heavy (non-hydrogen) atoms. The Kier molecular flexibility index (Phi) is 4.15. The normalized spacial score (nSPS) is 10.1. The van der Waals surface area contributed by atoms with Crippen LogP contribution in [0.1, 0.15) is 13.3 Å². The highest BCUT2D eigenvalue weighted by Crippen LogP contribution is 2.09. The van der Waals surface area contributed by atoms with Crippen LogP contribution in [0, 0.1) is 0 Å². The number of hydrogen-bond donors (Lipinski definition) is 0. The fraction of sp³-hybridized carbons (Fsp3) is 0.600. The summed E-state index contributed by atoms with van der Waals surface area (Å²) in [5.41, 5.74) is 0. The fourth-order valence-corrected chi connectivity index (χ4v) is 1.35. The molecule has 0 aliphatic rings. The average Bonchev–Trinajstić information content (AvgIpc) is 2.73. The number of aryl methyl sites for hydroxylation is 1. The summed E-state index contributed by atoms with van der Waals surface area (Å²) in [6.07, 6.45) is 4.06. The SMILES string of the molecule is CCn1ccnc1N(C)CCC(=O)OC. The largest absolute Gasteiger partial charge is 0.469 e. The zero-order valence-corrected chi connectivity index (χ0v) is 9.43. The molecule has 0 saturated heterocycles. The van der Waals surface area contributed by atoms with Gasteiger partial charge in [-0.2, -0.15) is 0 Å². The van der Waals surface area contributed by atoms with Gasteiger partial charge in [0.15, 0.2) is 0 Å². The van der Waals surface area contributed by atoms with Gasteiger partial charge in [-0.3, -0.25) is 4.79 Å². The smallest absolute Gasteiger partial charge is 0.307 e. The Morgan fingerprint density at radius 1 is 1.67 bits per heavy atom. The molecule has 5 heteroatoms. The predicted octanol–water partition coefficient (Wildman–Crippen LogP) is 0.902. The summed E-state index contributed by atoms with van der Waals surface area (Å²) < 4.78 is 6.61. The van der Waals surface area contributed by atoms with Crippen molar-refractivity contribution in [1.29, 1.82) is 0 Å². The van der Waals surface area contributed by atoms with Crippen molar-refractivity contribution in [2.24, 2.45) is 0 Å². The van der Waals surface area contributed by atoms with E-state index in [9.17, 15) is 4.79 Å². The lowest BCUT2D eigenvalue weighted by Gasteiger charge is -2.18. The first-order valence-corrected chi connectivity index (χ1v) is 4.98. The van der Waals surface area contributed by atoms with Crippen LogP contribution in [-0.2, 0) is 16.1 Å². The van der Waals surface area contributed by atoms with E-state index in [1.54, 1.807) is 6.20 Å². The summed E-state index contributed by atoms with van der Waals surface area (Å²) in [6.45, 7) is 3.54. The van der Waals surface area contributed by atoms with Crippen LogP contribution >= 0.6 is 0 Å². The van der Waals surface area contributed by atoms with Crippen molar-refractivity contribution in [3.63, 3.8) is 0 Å². The number of rotatable bonds is 5. The molecule has 0 aromatic carbocycles. The number of ether oxygens (including phenoxy) is 1. The molecular weight excluding hydrogens is 194 g/mol. The number of carbonyl (C=O) groups is 1. The molecular formula is C10H17N3O2. The second-order valence-electron chi connectivity index (χ2n) is 3.26. The Morgan fingerprint density at radius 3 is 3.00 bits per heavy atom. The number of hydrogen-bond acceptors (Lipinski definition) is 4. The van der Waals surface area contributed by atoms with Gasteiger partial charge in [0, 0.05) is 32.5 Å². The van der Waals surface area contributed by atoms with Crippen LogP contribution in [0.4, 0.5) is 5.95 Å². The molecule has 1 aromatic heterocycles. The molecule has 0 N–H and O–H groups in total. The molecule has 0 spiro atoms. The van der Waals surface area contributed by atoms with Crippen molar-refractivity contribution in [3.8, 4) is 0 Å². The number of aromatic nitrogens is 2. The first-order chi connectivity index (χ1) is 7.19. The van der Waals surface area contributed by atoms with Crippen molar-refractivity contribution < 1.29 is 9.53 Å². The minimum absolute atomic E-state index is 0.198. The molecule has 1 rings (SSSR count). The van der Waals surface area contributed by atoms with E-state index < -0.39 is 0 Å². The van der Waals surface area contributed by atoms with Gasteiger partial charge in [0.05, 0.1) is 13.5 Å².